The van der Waals surface area contributed by atoms with Crippen LogP contribution in [-0.2, 0) is 16.0 Å². The van der Waals surface area contributed by atoms with Gasteiger partial charge in [0.25, 0.3) is 0 Å². The van der Waals surface area contributed by atoms with Gasteiger partial charge in [-0.1, -0.05) is 49.8 Å². The van der Waals surface area contributed by atoms with Crippen LogP contribution in [0.1, 0.15) is 30.9 Å². The van der Waals surface area contributed by atoms with E-state index in [1.165, 1.54) is 7.11 Å². The number of hydrogen-bond donors (Lipinski definition) is 0. The van der Waals surface area contributed by atoms with Crippen LogP contribution in [0.5, 0.6) is 0 Å². The zero-order valence-electron chi connectivity index (χ0n) is 9.90. The fraction of sp³-hybridized carbons (Fsp3) is 0.357. The van der Waals surface area contributed by atoms with Crippen LogP contribution in [0.25, 0.3) is 6.08 Å². The van der Waals surface area contributed by atoms with E-state index in [0.29, 0.717) is 6.42 Å². The maximum Gasteiger partial charge on any atom is 0.309 e. The number of esters is 1. The van der Waals surface area contributed by atoms with Crippen LogP contribution in [0.2, 0.25) is 0 Å². The van der Waals surface area contributed by atoms with E-state index < -0.39 is 0 Å². The summed E-state index contributed by atoms with van der Waals surface area (Å²) in [5.74, 6) is -0.199. The Balaban J connectivity index is 2.67. The van der Waals surface area contributed by atoms with E-state index >= 15 is 0 Å². The van der Waals surface area contributed by atoms with Crippen molar-refractivity contribution in [2.75, 3.05) is 7.11 Å². The molecule has 0 heterocycles. The van der Waals surface area contributed by atoms with Crippen molar-refractivity contribution >= 4 is 12.0 Å². The van der Waals surface area contributed by atoms with Crippen molar-refractivity contribution < 1.29 is 9.53 Å². The molecule has 0 aromatic heterocycles. The maximum absolute atomic E-state index is 11.1. The highest BCUT2D eigenvalue weighted by Crippen LogP contribution is 2.09. The molecule has 2 heteroatoms. The van der Waals surface area contributed by atoms with E-state index in [0.717, 1.165) is 24.0 Å². The lowest BCUT2D eigenvalue weighted by Gasteiger charge is -2.01. The Bertz CT molecular complexity index is 367. The van der Waals surface area contributed by atoms with Gasteiger partial charge in [0.2, 0.25) is 0 Å². The minimum atomic E-state index is -0.199. The third kappa shape index (κ3) is 4.30. The number of allylic oxidation sites excluding steroid dienone is 1. The molecule has 1 rings (SSSR count). The highest BCUT2D eigenvalue weighted by Gasteiger charge is 2.02. The van der Waals surface area contributed by atoms with Crippen molar-refractivity contribution in [2.45, 2.75) is 26.2 Å². The molecule has 0 saturated heterocycles. The predicted octanol–water partition coefficient (Wildman–Crippen LogP) is 3.22. The van der Waals surface area contributed by atoms with Gasteiger partial charge in [0, 0.05) is 0 Å². The van der Waals surface area contributed by atoms with Crippen LogP contribution < -0.4 is 0 Å². The van der Waals surface area contributed by atoms with E-state index in [1.807, 2.05) is 24.3 Å². The van der Waals surface area contributed by atoms with Crippen LogP contribution in [0.15, 0.2) is 30.3 Å². The second-order valence-electron chi connectivity index (χ2n) is 3.69. The topological polar surface area (TPSA) is 26.3 Å². The number of rotatable bonds is 5. The molecule has 2 nitrogen and oxygen atoms in total. The van der Waals surface area contributed by atoms with E-state index in [1.54, 1.807) is 0 Å². The van der Waals surface area contributed by atoms with Crippen molar-refractivity contribution in [2.24, 2.45) is 0 Å². The highest BCUT2D eigenvalue weighted by molar-refractivity contribution is 5.72. The second kappa shape index (κ2) is 6.83. The smallest absolute Gasteiger partial charge is 0.309 e. The van der Waals surface area contributed by atoms with Gasteiger partial charge in [-0.25, -0.2) is 0 Å². The van der Waals surface area contributed by atoms with Gasteiger partial charge >= 0.3 is 5.97 Å². The van der Waals surface area contributed by atoms with Crippen LogP contribution in [0, 0.1) is 0 Å². The number of hydrogen-bond acceptors (Lipinski definition) is 2. The molecule has 0 spiro atoms. The molecule has 0 saturated carbocycles. The number of carbonyl (C=O) groups excluding carboxylic acids is 1. The van der Waals surface area contributed by atoms with Gasteiger partial charge in [-0.15, -0.1) is 0 Å². The summed E-state index contributed by atoms with van der Waals surface area (Å²) in [7, 11) is 1.41. The Morgan fingerprint density at radius 1 is 1.44 bits per heavy atom. The van der Waals surface area contributed by atoms with Gasteiger partial charge in [0.15, 0.2) is 0 Å². The van der Waals surface area contributed by atoms with E-state index in [9.17, 15) is 4.79 Å². The Morgan fingerprint density at radius 3 is 2.94 bits per heavy atom. The molecule has 0 unspecified atom stereocenters. The van der Waals surface area contributed by atoms with Gasteiger partial charge < -0.3 is 4.74 Å². The number of unbranched alkanes of at least 4 members (excludes halogenated alkanes) is 1. The van der Waals surface area contributed by atoms with Gasteiger partial charge in [0.05, 0.1) is 13.5 Å². The molecular formula is C14H18O2. The van der Waals surface area contributed by atoms with Crippen molar-refractivity contribution in [3.63, 3.8) is 0 Å². The Kier molecular flexibility index (Phi) is 5.34. The third-order valence-corrected chi connectivity index (χ3v) is 2.29. The van der Waals surface area contributed by atoms with E-state index in [2.05, 4.69) is 23.8 Å². The predicted molar refractivity (Wildman–Crippen MR) is 66.1 cm³/mol. The van der Waals surface area contributed by atoms with Gasteiger partial charge in [-0.2, -0.15) is 0 Å². The average molecular weight is 218 g/mol. The number of benzene rings is 1. The minimum Gasteiger partial charge on any atom is -0.469 e. The van der Waals surface area contributed by atoms with Gasteiger partial charge in [0.1, 0.15) is 0 Å². The average Bonchev–Trinajstić information content (AvgIpc) is 2.30. The molecular weight excluding hydrogens is 200 g/mol. The number of carbonyl (C=O) groups is 1. The standard InChI is InChI=1S/C14H18O2/c1-3-4-5-7-12-8-6-9-13(10-12)11-14(15)16-2/h5-10H,3-4,11H2,1-2H3. The largest absolute Gasteiger partial charge is 0.469 e. The first-order valence-corrected chi connectivity index (χ1v) is 5.58. The SMILES string of the molecule is CCCC=Cc1cccc(CC(=O)OC)c1. The molecule has 1 aromatic carbocycles. The summed E-state index contributed by atoms with van der Waals surface area (Å²) < 4.78 is 4.64. The molecule has 0 aliphatic rings. The summed E-state index contributed by atoms with van der Waals surface area (Å²) in [5, 5.41) is 0. The Hall–Kier alpha value is -1.57. The summed E-state index contributed by atoms with van der Waals surface area (Å²) in [6, 6.07) is 7.95. The number of ether oxygens (including phenoxy) is 1. The van der Waals surface area contributed by atoms with Crippen LogP contribution >= 0.6 is 0 Å². The van der Waals surface area contributed by atoms with Gasteiger partial charge in [-0.3, -0.25) is 4.79 Å². The lowest BCUT2D eigenvalue weighted by Crippen LogP contribution is -2.04. The maximum atomic E-state index is 11.1. The van der Waals surface area contributed by atoms with E-state index in [-0.39, 0.29) is 5.97 Å². The third-order valence-electron chi connectivity index (χ3n) is 2.29. The van der Waals surface area contributed by atoms with E-state index in [4.69, 9.17) is 0 Å². The second-order valence-corrected chi connectivity index (χ2v) is 3.69. The minimum absolute atomic E-state index is 0.199. The monoisotopic (exact) mass is 218 g/mol. The fourth-order valence-corrected chi connectivity index (χ4v) is 1.43. The molecule has 0 amide bonds. The quantitative estimate of drug-likeness (QED) is 0.709. The molecule has 0 atom stereocenters. The normalized spacial score (nSPS) is 10.6. The van der Waals surface area contributed by atoms with Crippen molar-refractivity contribution in [3.8, 4) is 0 Å². The summed E-state index contributed by atoms with van der Waals surface area (Å²) in [6.45, 7) is 2.15. The molecule has 0 radical (unpaired) electrons. The zero-order valence-corrected chi connectivity index (χ0v) is 9.90. The van der Waals surface area contributed by atoms with Crippen LogP contribution in [-0.4, -0.2) is 13.1 Å². The highest BCUT2D eigenvalue weighted by atomic mass is 16.5. The van der Waals surface area contributed by atoms with Crippen molar-refractivity contribution in [1.29, 1.82) is 0 Å². The first-order valence-electron chi connectivity index (χ1n) is 5.58. The van der Waals surface area contributed by atoms with Gasteiger partial charge in [-0.05, 0) is 17.5 Å². The zero-order chi connectivity index (χ0) is 11.8. The Labute approximate surface area is 96.9 Å². The first kappa shape index (κ1) is 12.5. The van der Waals surface area contributed by atoms with Crippen LogP contribution in [0.3, 0.4) is 0 Å². The molecule has 0 aliphatic heterocycles. The number of methoxy groups -OCH3 is 1. The molecule has 1 aromatic rings. The molecule has 0 N–H and O–H groups in total. The van der Waals surface area contributed by atoms with Crippen LogP contribution in [0.4, 0.5) is 0 Å². The summed E-state index contributed by atoms with van der Waals surface area (Å²) in [6.07, 6.45) is 6.81. The molecule has 16 heavy (non-hydrogen) atoms. The lowest BCUT2D eigenvalue weighted by molar-refractivity contribution is -0.139. The molecule has 0 aliphatic carbocycles. The summed E-state index contributed by atoms with van der Waals surface area (Å²) in [5.41, 5.74) is 2.13. The summed E-state index contributed by atoms with van der Waals surface area (Å²) in [4.78, 5) is 11.1. The van der Waals surface area contributed by atoms with Crippen molar-refractivity contribution in [3.05, 3.63) is 41.5 Å². The molecule has 86 valence electrons. The lowest BCUT2D eigenvalue weighted by atomic mass is 10.1. The fourth-order valence-electron chi connectivity index (χ4n) is 1.43. The first-order chi connectivity index (χ1) is 7.76. The molecule has 0 bridgehead atoms. The van der Waals surface area contributed by atoms with Crippen molar-refractivity contribution in [1.82, 2.24) is 0 Å². The summed E-state index contributed by atoms with van der Waals surface area (Å²) >= 11 is 0. The molecule has 0 fully saturated rings. The Morgan fingerprint density at radius 2 is 2.25 bits per heavy atom.